The van der Waals surface area contributed by atoms with Gasteiger partial charge in [-0.25, -0.2) is 13.1 Å². The van der Waals surface area contributed by atoms with Crippen molar-refractivity contribution in [1.82, 2.24) is 14.6 Å². The van der Waals surface area contributed by atoms with Gasteiger partial charge >= 0.3 is 0 Å². The third-order valence-electron chi connectivity index (χ3n) is 7.93. The van der Waals surface area contributed by atoms with Crippen LogP contribution in [0, 0.1) is 6.92 Å². The molecule has 242 valence electrons. The molecular weight excluding hydrogens is 604 g/mol. The van der Waals surface area contributed by atoms with E-state index in [0.29, 0.717) is 29.9 Å². The molecule has 0 radical (unpaired) electrons. The smallest absolute Gasteiger partial charge is 0.265 e. The molecule has 0 unspecified atom stereocenters. The Labute approximate surface area is 269 Å². The molecule has 3 aromatic carbocycles. The number of primary amides is 1. The summed E-state index contributed by atoms with van der Waals surface area (Å²) in [5, 5.41) is 3.73. The number of nitrogens with two attached hydrogens (primary N) is 1. The fourth-order valence-electron chi connectivity index (χ4n) is 5.15. The third kappa shape index (κ3) is 7.15. The topological polar surface area (TPSA) is 150 Å². The molecule has 0 atom stereocenters. The third-order valence-corrected chi connectivity index (χ3v) is 9.42. The second-order valence-corrected chi connectivity index (χ2v) is 13.4. The number of rotatable bonds is 12. The van der Waals surface area contributed by atoms with Gasteiger partial charge in [-0.15, -0.1) is 0 Å². The molecule has 0 fully saturated rings. The minimum absolute atomic E-state index is 0.0215. The molecule has 0 saturated carbocycles. The van der Waals surface area contributed by atoms with E-state index in [4.69, 9.17) is 10.5 Å². The van der Waals surface area contributed by atoms with Crippen LogP contribution in [0.4, 0.5) is 0 Å². The monoisotopic (exact) mass is 644 g/mol. The number of methoxy groups -OCH3 is 1. The van der Waals surface area contributed by atoms with Crippen molar-refractivity contribution in [2.75, 3.05) is 13.7 Å². The van der Waals surface area contributed by atoms with Crippen molar-refractivity contribution >= 4 is 44.7 Å². The number of carbonyl (C=O) groups is 3. The first-order valence-corrected chi connectivity index (χ1v) is 16.4. The number of nitrogens with one attached hydrogen (secondary N) is 2. The Morgan fingerprint density at radius 1 is 1.02 bits per heavy atom. The first-order chi connectivity index (χ1) is 21.7. The molecule has 1 aromatic heterocycles. The highest BCUT2D eigenvalue weighted by Gasteiger charge is 2.30. The lowest BCUT2D eigenvalue weighted by atomic mass is 10.00. The van der Waals surface area contributed by atoms with Crippen LogP contribution in [0.3, 0.4) is 0 Å². The molecular formula is C35H40N4O6S. The summed E-state index contributed by atoms with van der Waals surface area (Å²) < 4.78 is 35.4. The van der Waals surface area contributed by atoms with Gasteiger partial charge in [0.25, 0.3) is 15.9 Å². The molecule has 4 aromatic rings. The Hall–Kier alpha value is -4.90. The number of carbonyl (C=O) groups excluding carboxylic acids is 3. The second kappa shape index (κ2) is 13.6. The zero-order valence-electron chi connectivity index (χ0n) is 26.9. The summed E-state index contributed by atoms with van der Waals surface area (Å²) in [5.41, 5.74) is 9.10. The van der Waals surface area contributed by atoms with Gasteiger partial charge in [0.1, 0.15) is 11.3 Å². The number of hydrogen-bond donors (Lipinski definition) is 3. The number of sulfonamides is 1. The fraction of sp³-hybridized carbons (Fsp3) is 0.286. The van der Waals surface area contributed by atoms with Gasteiger partial charge < -0.3 is 20.4 Å². The molecule has 3 amide bonds. The Kier molecular flexibility index (Phi) is 10.1. The van der Waals surface area contributed by atoms with Crippen LogP contribution in [0.25, 0.3) is 17.0 Å². The molecule has 46 heavy (non-hydrogen) atoms. The van der Waals surface area contributed by atoms with Crippen LogP contribution in [-0.4, -0.2) is 44.4 Å². The van der Waals surface area contributed by atoms with E-state index >= 15 is 0 Å². The highest BCUT2D eigenvalue weighted by atomic mass is 32.2. The molecule has 4 N–H and O–H groups in total. The first-order valence-electron chi connectivity index (χ1n) is 14.9. The molecule has 0 aliphatic heterocycles. The van der Waals surface area contributed by atoms with Gasteiger partial charge in [-0.2, -0.15) is 0 Å². The molecule has 0 bridgehead atoms. The van der Waals surface area contributed by atoms with Crippen molar-refractivity contribution in [1.29, 1.82) is 0 Å². The molecule has 0 saturated heterocycles. The molecule has 4 rings (SSSR count). The van der Waals surface area contributed by atoms with E-state index in [1.807, 2.05) is 42.0 Å². The molecule has 10 nitrogen and oxygen atoms in total. The van der Waals surface area contributed by atoms with E-state index in [-0.39, 0.29) is 16.4 Å². The van der Waals surface area contributed by atoms with Gasteiger partial charge in [0.15, 0.2) is 0 Å². The van der Waals surface area contributed by atoms with Crippen molar-refractivity contribution in [3.05, 3.63) is 100 Å². The van der Waals surface area contributed by atoms with Gasteiger partial charge in [-0.1, -0.05) is 37.3 Å². The maximum Gasteiger partial charge on any atom is 0.265 e. The quantitative estimate of drug-likeness (QED) is 0.188. The van der Waals surface area contributed by atoms with Gasteiger partial charge in [0, 0.05) is 41.2 Å². The number of nitrogens with zero attached hydrogens (tertiary/aromatic N) is 1. The van der Waals surface area contributed by atoms with E-state index in [2.05, 4.69) is 10.0 Å². The normalized spacial score (nSPS) is 12.2. The summed E-state index contributed by atoms with van der Waals surface area (Å²) in [5.74, 6) is -1.05. The highest BCUT2D eigenvalue weighted by Crippen LogP contribution is 2.33. The highest BCUT2D eigenvalue weighted by molar-refractivity contribution is 7.90. The molecule has 0 aliphatic carbocycles. The standard InChI is InChI=1S/C35H40N4O6S/c1-7-16-37-32(40)23(3)17-24-12-15-29-28(18-24)27(21-39(29)35(4,5)34(36)42)19-25-13-14-26(20-30(25)45-6)33(41)38-46(43,44)31-11-9-8-10-22(31)2/h8-15,17-18,20-21H,7,16,19H2,1-6H3,(H2,36,42)(H,37,40)(H,38,41)/b23-17+. The van der Waals surface area contributed by atoms with Crippen LogP contribution in [0.2, 0.25) is 0 Å². The van der Waals surface area contributed by atoms with E-state index in [1.165, 1.54) is 19.2 Å². The van der Waals surface area contributed by atoms with Crippen LogP contribution >= 0.6 is 0 Å². The molecule has 0 spiro atoms. The Morgan fingerprint density at radius 3 is 2.39 bits per heavy atom. The molecule has 0 aliphatic rings. The molecule has 1 heterocycles. The van der Waals surface area contributed by atoms with Crippen LogP contribution in [-0.2, 0) is 31.6 Å². The van der Waals surface area contributed by atoms with Crippen molar-refractivity contribution in [3.8, 4) is 5.75 Å². The number of aryl methyl sites for hydroxylation is 1. The summed E-state index contributed by atoms with van der Waals surface area (Å²) in [4.78, 5) is 38.0. The summed E-state index contributed by atoms with van der Waals surface area (Å²) in [7, 11) is -2.62. The Morgan fingerprint density at radius 2 is 1.74 bits per heavy atom. The van der Waals surface area contributed by atoms with Crippen LogP contribution < -0.4 is 20.5 Å². The van der Waals surface area contributed by atoms with Crippen LogP contribution in [0.5, 0.6) is 5.75 Å². The number of hydrogen-bond acceptors (Lipinski definition) is 6. The van der Waals surface area contributed by atoms with E-state index in [0.717, 1.165) is 34.0 Å². The second-order valence-electron chi connectivity index (χ2n) is 11.7. The van der Waals surface area contributed by atoms with Crippen molar-refractivity contribution in [2.45, 2.75) is 57.9 Å². The lowest BCUT2D eigenvalue weighted by molar-refractivity contribution is -0.124. The minimum Gasteiger partial charge on any atom is -0.496 e. The maximum absolute atomic E-state index is 13.0. The average Bonchev–Trinajstić information content (AvgIpc) is 3.37. The fourth-order valence-corrected chi connectivity index (χ4v) is 6.37. The van der Waals surface area contributed by atoms with E-state index in [9.17, 15) is 22.8 Å². The lowest BCUT2D eigenvalue weighted by Gasteiger charge is -2.24. The molecule has 11 heteroatoms. The number of fused-ring (bicyclic) bond motifs is 1. The van der Waals surface area contributed by atoms with Gasteiger partial charge in [-0.3, -0.25) is 14.4 Å². The van der Waals surface area contributed by atoms with Crippen LogP contribution in [0.1, 0.15) is 66.7 Å². The average molecular weight is 645 g/mol. The zero-order chi connectivity index (χ0) is 33.8. The lowest BCUT2D eigenvalue weighted by Crippen LogP contribution is -2.40. The number of amides is 3. The zero-order valence-corrected chi connectivity index (χ0v) is 27.7. The summed E-state index contributed by atoms with van der Waals surface area (Å²) in [6, 6.07) is 16.9. The van der Waals surface area contributed by atoms with Gasteiger partial charge in [-0.05, 0) is 92.8 Å². The Balaban J connectivity index is 1.72. The van der Waals surface area contributed by atoms with E-state index < -0.39 is 27.4 Å². The van der Waals surface area contributed by atoms with Gasteiger partial charge in [0.05, 0.1) is 12.0 Å². The predicted molar refractivity (Wildman–Crippen MR) is 179 cm³/mol. The van der Waals surface area contributed by atoms with Crippen molar-refractivity contribution < 1.29 is 27.5 Å². The van der Waals surface area contributed by atoms with Crippen LogP contribution in [0.15, 0.2) is 77.3 Å². The van der Waals surface area contributed by atoms with Crippen molar-refractivity contribution in [2.24, 2.45) is 5.73 Å². The van der Waals surface area contributed by atoms with Crippen molar-refractivity contribution in [3.63, 3.8) is 0 Å². The summed E-state index contributed by atoms with van der Waals surface area (Å²) >= 11 is 0. The SMILES string of the molecule is CCCNC(=O)/C(C)=C/c1ccc2c(c1)c(Cc1ccc(C(=O)NS(=O)(=O)c3ccccc3C)cc1OC)cn2C(C)(C)C(N)=O. The van der Waals surface area contributed by atoms with Gasteiger partial charge in [0.2, 0.25) is 11.8 Å². The predicted octanol–water partition coefficient (Wildman–Crippen LogP) is 4.82. The Bertz CT molecular complexity index is 1960. The minimum atomic E-state index is -4.09. The maximum atomic E-state index is 13.0. The number of benzene rings is 3. The first kappa shape index (κ1) is 34.0. The number of ether oxygens (including phenoxy) is 1. The summed E-state index contributed by atoms with van der Waals surface area (Å²) in [6.45, 7) is 9.47. The van der Waals surface area contributed by atoms with E-state index in [1.54, 1.807) is 58.0 Å². The largest absolute Gasteiger partial charge is 0.496 e. The number of aromatic nitrogens is 1. The summed E-state index contributed by atoms with van der Waals surface area (Å²) in [6.07, 6.45) is 4.87.